The molecule has 0 saturated heterocycles. The molecule has 1 N–H and O–H groups in total. The van der Waals surface area contributed by atoms with Gasteiger partial charge in [-0.3, -0.25) is 4.79 Å². The lowest BCUT2D eigenvalue weighted by Gasteiger charge is -2.14. The summed E-state index contributed by atoms with van der Waals surface area (Å²) in [5, 5.41) is 3.99. The number of ether oxygens (including phenoxy) is 2. The van der Waals surface area contributed by atoms with Gasteiger partial charge in [0.05, 0.1) is 12.8 Å². The second-order valence-electron chi connectivity index (χ2n) is 6.25. The predicted molar refractivity (Wildman–Crippen MR) is 104 cm³/mol. The summed E-state index contributed by atoms with van der Waals surface area (Å²) in [6, 6.07) is 13.5. The van der Waals surface area contributed by atoms with Crippen molar-refractivity contribution in [2.24, 2.45) is 5.10 Å². The van der Waals surface area contributed by atoms with Crippen molar-refractivity contribution < 1.29 is 14.3 Å². The summed E-state index contributed by atoms with van der Waals surface area (Å²) in [4.78, 5) is 12.0. The lowest BCUT2D eigenvalue weighted by molar-refractivity contribution is -0.123. The van der Waals surface area contributed by atoms with Gasteiger partial charge >= 0.3 is 0 Å². The highest BCUT2D eigenvalue weighted by Gasteiger charge is 2.10. The number of hydrogen-bond donors (Lipinski definition) is 1. The quantitative estimate of drug-likeness (QED) is 0.575. The third-order valence-corrected chi connectivity index (χ3v) is 3.76. The lowest BCUT2D eigenvalue weighted by Crippen LogP contribution is -2.25. The summed E-state index contributed by atoms with van der Waals surface area (Å²) >= 11 is 0. The zero-order valence-corrected chi connectivity index (χ0v) is 15.8. The third kappa shape index (κ3) is 5.62. The van der Waals surface area contributed by atoms with Gasteiger partial charge in [-0.2, -0.15) is 5.10 Å². The molecule has 0 atom stereocenters. The highest BCUT2D eigenvalue weighted by molar-refractivity contribution is 5.85. The van der Waals surface area contributed by atoms with Crippen LogP contribution >= 0.6 is 0 Å². The number of hydrazone groups is 1. The maximum absolute atomic E-state index is 12.0. The van der Waals surface area contributed by atoms with E-state index in [0.717, 1.165) is 28.2 Å². The Labute approximate surface area is 155 Å². The van der Waals surface area contributed by atoms with Gasteiger partial charge in [-0.1, -0.05) is 38.1 Å². The number of carbonyl (C=O) groups is 1. The SMILES string of the molecule is CCOc1ccccc1/C=N/NC(=O)COc1cc(C)ccc1C(C)C. The Morgan fingerprint density at radius 2 is 1.92 bits per heavy atom. The van der Waals surface area contributed by atoms with Crippen LogP contribution in [-0.4, -0.2) is 25.3 Å². The van der Waals surface area contributed by atoms with E-state index in [4.69, 9.17) is 9.47 Å². The molecule has 2 rings (SSSR count). The van der Waals surface area contributed by atoms with Crippen LogP contribution in [0.4, 0.5) is 0 Å². The molecule has 0 aliphatic carbocycles. The molecule has 0 aromatic heterocycles. The van der Waals surface area contributed by atoms with Gasteiger partial charge in [0.2, 0.25) is 0 Å². The molecular formula is C21H26N2O3. The van der Waals surface area contributed by atoms with Gasteiger partial charge in [0.15, 0.2) is 6.61 Å². The summed E-state index contributed by atoms with van der Waals surface area (Å²) in [5.74, 6) is 1.47. The van der Waals surface area contributed by atoms with E-state index >= 15 is 0 Å². The molecule has 0 spiro atoms. The normalized spacial score (nSPS) is 11.0. The van der Waals surface area contributed by atoms with E-state index in [2.05, 4.69) is 24.4 Å². The van der Waals surface area contributed by atoms with Crippen LogP contribution in [0.2, 0.25) is 0 Å². The smallest absolute Gasteiger partial charge is 0.277 e. The molecule has 2 aromatic carbocycles. The molecular weight excluding hydrogens is 328 g/mol. The number of nitrogens with one attached hydrogen (secondary N) is 1. The summed E-state index contributed by atoms with van der Waals surface area (Å²) in [7, 11) is 0. The first-order chi connectivity index (χ1) is 12.5. The van der Waals surface area contributed by atoms with Gasteiger partial charge in [0.1, 0.15) is 11.5 Å². The van der Waals surface area contributed by atoms with E-state index in [1.807, 2.05) is 56.3 Å². The fourth-order valence-corrected chi connectivity index (χ4v) is 2.47. The van der Waals surface area contributed by atoms with Gasteiger partial charge in [-0.25, -0.2) is 5.43 Å². The van der Waals surface area contributed by atoms with Crippen LogP contribution in [0, 0.1) is 6.92 Å². The molecule has 0 fully saturated rings. The van der Waals surface area contributed by atoms with Gasteiger partial charge in [-0.15, -0.1) is 0 Å². The van der Waals surface area contributed by atoms with E-state index in [-0.39, 0.29) is 12.5 Å². The minimum Gasteiger partial charge on any atom is -0.493 e. The first-order valence-corrected chi connectivity index (χ1v) is 8.78. The lowest BCUT2D eigenvalue weighted by atomic mass is 10.0. The van der Waals surface area contributed by atoms with Crippen molar-refractivity contribution in [3.8, 4) is 11.5 Å². The number of hydrogen-bond acceptors (Lipinski definition) is 4. The highest BCUT2D eigenvalue weighted by atomic mass is 16.5. The Morgan fingerprint density at radius 3 is 2.65 bits per heavy atom. The molecule has 0 aliphatic heterocycles. The fourth-order valence-electron chi connectivity index (χ4n) is 2.47. The van der Waals surface area contributed by atoms with Gasteiger partial charge in [-0.05, 0) is 49.1 Å². The molecule has 0 aliphatic rings. The Hall–Kier alpha value is -2.82. The van der Waals surface area contributed by atoms with Crippen molar-refractivity contribution in [3.63, 3.8) is 0 Å². The largest absolute Gasteiger partial charge is 0.493 e. The predicted octanol–water partition coefficient (Wildman–Crippen LogP) is 4.05. The number of carbonyl (C=O) groups excluding carboxylic acids is 1. The van der Waals surface area contributed by atoms with E-state index < -0.39 is 0 Å². The monoisotopic (exact) mass is 354 g/mol. The van der Waals surface area contributed by atoms with Crippen molar-refractivity contribution in [2.75, 3.05) is 13.2 Å². The van der Waals surface area contributed by atoms with Crippen LogP contribution in [0.3, 0.4) is 0 Å². The number of amides is 1. The van der Waals surface area contributed by atoms with E-state index in [0.29, 0.717) is 12.5 Å². The molecule has 0 radical (unpaired) electrons. The molecule has 2 aromatic rings. The van der Waals surface area contributed by atoms with Crippen LogP contribution < -0.4 is 14.9 Å². The summed E-state index contributed by atoms with van der Waals surface area (Å²) < 4.78 is 11.2. The van der Waals surface area contributed by atoms with Crippen LogP contribution in [0.1, 0.15) is 43.4 Å². The number of para-hydroxylation sites is 1. The van der Waals surface area contributed by atoms with Crippen molar-refractivity contribution >= 4 is 12.1 Å². The van der Waals surface area contributed by atoms with Crippen LogP contribution in [0.15, 0.2) is 47.6 Å². The molecule has 1 amide bonds. The topological polar surface area (TPSA) is 59.9 Å². The summed E-state index contributed by atoms with van der Waals surface area (Å²) in [5.41, 5.74) is 5.46. The standard InChI is InChI=1S/C21H26N2O3/c1-5-25-19-9-7-6-8-17(19)13-22-23-21(24)14-26-20-12-16(4)10-11-18(20)15(2)3/h6-13,15H,5,14H2,1-4H3,(H,23,24)/b22-13+. The fraction of sp³-hybridized carbons (Fsp3) is 0.333. The zero-order valence-electron chi connectivity index (χ0n) is 15.8. The number of aryl methyl sites for hydroxylation is 1. The Balaban J connectivity index is 1.93. The molecule has 0 saturated carbocycles. The highest BCUT2D eigenvalue weighted by Crippen LogP contribution is 2.27. The van der Waals surface area contributed by atoms with Crippen molar-refractivity contribution in [1.82, 2.24) is 5.43 Å². The minimum absolute atomic E-state index is 0.0897. The average molecular weight is 354 g/mol. The van der Waals surface area contributed by atoms with Crippen LogP contribution in [0.25, 0.3) is 0 Å². The molecule has 0 heterocycles. The molecule has 0 bridgehead atoms. The van der Waals surface area contributed by atoms with Crippen LogP contribution in [-0.2, 0) is 4.79 Å². The Kier molecular flexibility index (Phi) is 7.21. The second kappa shape index (κ2) is 9.61. The average Bonchev–Trinajstić information content (AvgIpc) is 2.61. The maximum Gasteiger partial charge on any atom is 0.277 e. The summed E-state index contributed by atoms with van der Waals surface area (Å²) in [6.07, 6.45) is 1.56. The van der Waals surface area contributed by atoms with Crippen LogP contribution in [0.5, 0.6) is 11.5 Å². The van der Waals surface area contributed by atoms with Gasteiger partial charge in [0.25, 0.3) is 5.91 Å². The molecule has 26 heavy (non-hydrogen) atoms. The second-order valence-corrected chi connectivity index (χ2v) is 6.25. The van der Waals surface area contributed by atoms with Gasteiger partial charge < -0.3 is 9.47 Å². The third-order valence-electron chi connectivity index (χ3n) is 3.76. The zero-order chi connectivity index (χ0) is 18.9. The number of benzene rings is 2. The first kappa shape index (κ1) is 19.5. The molecule has 0 unspecified atom stereocenters. The van der Waals surface area contributed by atoms with E-state index in [1.165, 1.54) is 0 Å². The van der Waals surface area contributed by atoms with E-state index in [9.17, 15) is 4.79 Å². The molecule has 5 heteroatoms. The molecule has 5 nitrogen and oxygen atoms in total. The Bertz CT molecular complexity index is 770. The molecule has 138 valence electrons. The number of rotatable bonds is 8. The van der Waals surface area contributed by atoms with E-state index in [1.54, 1.807) is 6.21 Å². The van der Waals surface area contributed by atoms with Crippen molar-refractivity contribution in [3.05, 3.63) is 59.2 Å². The first-order valence-electron chi connectivity index (χ1n) is 8.78. The summed E-state index contributed by atoms with van der Waals surface area (Å²) in [6.45, 7) is 8.59. The minimum atomic E-state index is -0.314. The number of nitrogens with zero attached hydrogens (tertiary/aromatic N) is 1. The van der Waals surface area contributed by atoms with Crippen molar-refractivity contribution in [1.29, 1.82) is 0 Å². The maximum atomic E-state index is 12.0. The van der Waals surface area contributed by atoms with Gasteiger partial charge in [0, 0.05) is 5.56 Å². The van der Waals surface area contributed by atoms with Crippen molar-refractivity contribution in [2.45, 2.75) is 33.6 Å². The Morgan fingerprint density at radius 1 is 1.15 bits per heavy atom.